The first-order valence-electron chi connectivity index (χ1n) is 7.50. The predicted molar refractivity (Wildman–Crippen MR) is 78.2 cm³/mol. The number of fused-ring (bicyclic) bond motifs is 1. The van der Waals surface area contributed by atoms with Crippen molar-refractivity contribution in [2.45, 2.75) is 25.4 Å². The lowest BCUT2D eigenvalue weighted by Gasteiger charge is -2.21. The number of amides is 1. The number of nitrogens with zero attached hydrogens (tertiary/aromatic N) is 2. The SMILES string of the molecule is CS(=O)(=O)N1CCO[C@@H]2CN(C(=O)C3=CCCC3)C[C@@H]2C1. The fraction of sp³-hybridized carbons (Fsp3) is 0.786. The summed E-state index contributed by atoms with van der Waals surface area (Å²) in [4.78, 5) is 14.3. The summed E-state index contributed by atoms with van der Waals surface area (Å²) in [6.07, 6.45) is 6.12. The summed E-state index contributed by atoms with van der Waals surface area (Å²) in [5, 5.41) is 0. The number of sulfonamides is 1. The Morgan fingerprint density at radius 3 is 2.81 bits per heavy atom. The van der Waals surface area contributed by atoms with Gasteiger partial charge in [-0.1, -0.05) is 6.08 Å². The third-order valence-corrected chi connectivity index (χ3v) is 5.83. The highest BCUT2D eigenvalue weighted by atomic mass is 32.2. The smallest absolute Gasteiger partial charge is 0.249 e. The van der Waals surface area contributed by atoms with Crippen LogP contribution in [0.4, 0.5) is 0 Å². The highest BCUT2D eigenvalue weighted by Gasteiger charge is 2.40. The van der Waals surface area contributed by atoms with Crippen LogP contribution in [0.5, 0.6) is 0 Å². The zero-order valence-electron chi connectivity index (χ0n) is 12.3. The molecule has 3 rings (SSSR count). The van der Waals surface area contributed by atoms with E-state index in [0.717, 1.165) is 24.8 Å². The molecule has 1 amide bonds. The molecule has 21 heavy (non-hydrogen) atoms. The minimum Gasteiger partial charge on any atom is -0.375 e. The number of allylic oxidation sites excluding steroid dienone is 1. The quantitative estimate of drug-likeness (QED) is 0.731. The second-order valence-corrected chi connectivity index (χ2v) is 8.10. The maximum absolute atomic E-state index is 12.4. The van der Waals surface area contributed by atoms with E-state index in [1.165, 1.54) is 10.6 Å². The Hall–Kier alpha value is -0.920. The molecule has 0 N–H and O–H groups in total. The molecule has 0 aromatic carbocycles. The molecule has 3 aliphatic rings. The van der Waals surface area contributed by atoms with Gasteiger partial charge in [-0.05, 0) is 19.3 Å². The summed E-state index contributed by atoms with van der Waals surface area (Å²) >= 11 is 0. The minimum absolute atomic E-state index is 0.0392. The fourth-order valence-electron chi connectivity index (χ4n) is 3.40. The van der Waals surface area contributed by atoms with Crippen LogP contribution >= 0.6 is 0 Å². The van der Waals surface area contributed by atoms with E-state index in [0.29, 0.717) is 32.8 Å². The molecule has 118 valence electrons. The molecule has 0 spiro atoms. The second-order valence-electron chi connectivity index (χ2n) is 6.12. The monoisotopic (exact) mass is 314 g/mol. The maximum atomic E-state index is 12.4. The Morgan fingerprint density at radius 1 is 1.33 bits per heavy atom. The molecule has 6 nitrogen and oxygen atoms in total. The molecule has 2 atom stereocenters. The van der Waals surface area contributed by atoms with Crippen LogP contribution in [0.2, 0.25) is 0 Å². The van der Waals surface area contributed by atoms with Gasteiger partial charge in [-0.25, -0.2) is 8.42 Å². The summed E-state index contributed by atoms with van der Waals surface area (Å²) in [5.41, 5.74) is 0.909. The lowest BCUT2D eigenvalue weighted by molar-refractivity contribution is -0.126. The van der Waals surface area contributed by atoms with E-state index in [4.69, 9.17) is 4.74 Å². The topological polar surface area (TPSA) is 66.9 Å². The van der Waals surface area contributed by atoms with Gasteiger partial charge in [-0.2, -0.15) is 4.31 Å². The highest BCUT2D eigenvalue weighted by Crippen LogP contribution is 2.28. The fourth-order valence-corrected chi connectivity index (χ4v) is 4.27. The van der Waals surface area contributed by atoms with Gasteiger partial charge in [0.05, 0.1) is 19.0 Å². The van der Waals surface area contributed by atoms with Crippen molar-refractivity contribution < 1.29 is 17.9 Å². The van der Waals surface area contributed by atoms with Crippen molar-refractivity contribution in [1.29, 1.82) is 0 Å². The van der Waals surface area contributed by atoms with Crippen LogP contribution < -0.4 is 0 Å². The van der Waals surface area contributed by atoms with Crippen molar-refractivity contribution in [2.75, 3.05) is 39.0 Å². The van der Waals surface area contributed by atoms with Gasteiger partial charge in [0.25, 0.3) is 0 Å². The number of ether oxygens (including phenoxy) is 1. The lowest BCUT2D eigenvalue weighted by atomic mass is 10.1. The van der Waals surface area contributed by atoms with Gasteiger partial charge < -0.3 is 9.64 Å². The number of likely N-dealkylation sites (tertiary alicyclic amines) is 1. The summed E-state index contributed by atoms with van der Waals surface area (Å²) in [6, 6.07) is 0. The average molecular weight is 314 g/mol. The minimum atomic E-state index is -3.20. The number of carbonyl (C=O) groups excluding carboxylic acids is 1. The molecule has 0 saturated carbocycles. The zero-order valence-corrected chi connectivity index (χ0v) is 13.1. The Kier molecular flexibility index (Phi) is 4.07. The van der Waals surface area contributed by atoms with Gasteiger partial charge >= 0.3 is 0 Å². The molecule has 0 aromatic heterocycles. The van der Waals surface area contributed by atoms with Crippen molar-refractivity contribution in [3.63, 3.8) is 0 Å². The molecule has 7 heteroatoms. The predicted octanol–water partition coefficient (Wildman–Crippen LogP) is 0.215. The van der Waals surface area contributed by atoms with Gasteiger partial charge in [0.15, 0.2) is 0 Å². The van der Waals surface area contributed by atoms with E-state index >= 15 is 0 Å². The van der Waals surface area contributed by atoms with Crippen LogP contribution in [0, 0.1) is 5.92 Å². The molecule has 2 heterocycles. The molecular weight excluding hydrogens is 292 g/mol. The number of hydrogen-bond donors (Lipinski definition) is 0. The molecule has 0 aromatic rings. The van der Waals surface area contributed by atoms with Crippen LogP contribution in [0.15, 0.2) is 11.6 Å². The first-order chi connectivity index (χ1) is 9.95. The normalized spacial score (nSPS) is 30.9. The number of hydrogen-bond acceptors (Lipinski definition) is 4. The first-order valence-corrected chi connectivity index (χ1v) is 9.35. The Morgan fingerprint density at radius 2 is 2.14 bits per heavy atom. The van der Waals surface area contributed by atoms with E-state index in [2.05, 4.69) is 0 Å². The Balaban J connectivity index is 1.69. The lowest BCUT2D eigenvalue weighted by Crippen LogP contribution is -2.37. The van der Waals surface area contributed by atoms with E-state index in [-0.39, 0.29) is 17.9 Å². The van der Waals surface area contributed by atoms with Crippen LogP contribution in [-0.2, 0) is 19.6 Å². The van der Waals surface area contributed by atoms with Crippen molar-refractivity contribution in [3.8, 4) is 0 Å². The molecule has 0 unspecified atom stereocenters. The molecule has 1 aliphatic carbocycles. The van der Waals surface area contributed by atoms with Crippen molar-refractivity contribution in [2.24, 2.45) is 5.92 Å². The average Bonchev–Trinajstić information content (AvgIpc) is 3.03. The van der Waals surface area contributed by atoms with Gasteiger partial charge in [-0.15, -0.1) is 0 Å². The van der Waals surface area contributed by atoms with Gasteiger partial charge in [0.2, 0.25) is 15.9 Å². The summed E-state index contributed by atoms with van der Waals surface area (Å²) in [6.45, 7) is 2.43. The molecule has 2 fully saturated rings. The standard InChI is InChI=1S/C14H22N2O4S/c1-21(18,19)16-6-7-20-13-10-15(8-12(13)9-16)14(17)11-4-2-3-5-11/h4,12-13H,2-3,5-10H2,1H3/t12-,13-/m1/s1. The van der Waals surface area contributed by atoms with Crippen molar-refractivity contribution >= 4 is 15.9 Å². The molecule has 2 aliphatic heterocycles. The largest absolute Gasteiger partial charge is 0.375 e. The van der Waals surface area contributed by atoms with Crippen LogP contribution in [0.3, 0.4) is 0 Å². The Bertz CT molecular complexity index is 557. The summed E-state index contributed by atoms with van der Waals surface area (Å²) in [5.74, 6) is 0.184. The van der Waals surface area contributed by atoms with E-state index < -0.39 is 10.0 Å². The molecule has 0 radical (unpaired) electrons. The van der Waals surface area contributed by atoms with Crippen LogP contribution in [-0.4, -0.2) is 68.7 Å². The molecule has 0 bridgehead atoms. The summed E-state index contributed by atoms with van der Waals surface area (Å²) < 4.78 is 30.7. The van der Waals surface area contributed by atoms with Gasteiger partial charge in [-0.3, -0.25) is 4.79 Å². The van der Waals surface area contributed by atoms with Crippen LogP contribution in [0.1, 0.15) is 19.3 Å². The first kappa shape index (κ1) is 15.0. The second kappa shape index (κ2) is 5.70. The van der Waals surface area contributed by atoms with E-state index in [1.807, 2.05) is 11.0 Å². The van der Waals surface area contributed by atoms with Crippen molar-refractivity contribution in [3.05, 3.63) is 11.6 Å². The molecular formula is C14H22N2O4S. The van der Waals surface area contributed by atoms with Crippen molar-refractivity contribution in [1.82, 2.24) is 9.21 Å². The number of rotatable bonds is 2. The van der Waals surface area contributed by atoms with E-state index in [9.17, 15) is 13.2 Å². The summed E-state index contributed by atoms with van der Waals surface area (Å²) in [7, 11) is -3.20. The highest BCUT2D eigenvalue weighted by molar-refractivity contribution is 7.88. The maximum Gasteiger partial charge on any atom is 0.249 e. The van der Waals surface area contributed by atoms with E-state index in [1.54, 1.807) is 0 Å². The van der Waals surface area contributed by atoms with Gasteiger partial charge in [0, 0.05) is 37.7 Å². The third kappa shape index (κ3) is 3.14. The van der Waals surface area contributed by atoms with Crippen LogP contribution in [0.25, 0.3) is 0 Å². The third-order valence-electron chi connectivity index (χ3n) is 4.56. The Labute approximate surface area is 125 Å². The number of carbonyl (C=O) groups is 1. The van der Waals surface area contributed by atoms with Gasteiger partial charge in [0.1, 0.15) is 0 Å². The molecule has 2 saturated heterocycles. The zero-order chi connectivity index (χ0) is 15.0.